The highest BCUT2D eigenvalue weighted by molar-refractivity contribution is 14.0. The van der Waals surface area contributed by atoms with Crippen molar-refractivity contribution < 1.29 is 13.9 Å². The Morgan fingerprint density at radius 1 is 1.24 bits per heavy atom. The maximum Gasteiger partial charge on any atom is 0.258 e. The number of carbonyl (C=O) groups excluding carboxylic acids is 1. The van der Waals surface area contributed by atoms with Crippen LogP contribution in [-0.2, 0) is 17.8 Å². The van der Waals surface area contributed by atoms with Gasteiger partial charge in [-0.15, -0.1) is 24.0 Å². The fraction of sp³-hybridized carbons (Fsp3) is 0.429. The lowest BCUT2D eigenvalue weighted by Crippen LogP contribution is -2.38. The van der Waals surface area contributed by atoms with E-state index < -0.39 is 0 Å². The molecule has 158 valence electrons. The van der Waals surface area contributed by atoms with Crippen LogP contribution in [-0.4, -0.2) is 37.6 Å². The highest BCUT2D eigenvalue weighted by atomic mass is 127. The number of guanidine groups is 1. The van der Waals surface area contributed by atoms with Crippen LogP contribution in [0.25, 0.3) is 0 Å². The van der Waals surface area contributed by atoms with Crippen molar-refractivity contribution in [3.63, 3.8) is 0 Å². The molecule has 0 spiro atoms. The molecule has 1 aromatic heterocycles. The van der Waals surface area contributed by atoms with Crippen molar-refractivity contribution in [3.8, 4) is 5.75 Å². The number of ether oxygens (including phenoxy) is 1. The summed E-state index contributed by atoms with van der Waals surface area (Å²) in [7, 11) is 0. The number of aliphatic imine (C=N–C) groups is 1. The third-order valence-electron chi connectivity index (χ3n) is 4.22. The van der Waals surface area contributed by atoms with Crippen molar-refractivity contribution >= 4 is 35.8 Å². The molecule has 0 unspecified atom stereocenters. The number of amides is 1. The molecule has 0 aliphatic heterocycles. The second-order valence-electron chi connectivity index (χ2n) is 6.73. The number of carbonyl (C=O) groups is 1. The lowest BCUT2D eigenvalue weighted by atomic mass is 10.2. The van der Waals surface area contributed by atoms with E-state index in [9.17, 15) is 4.79 Å². The van der Waals surface area contributed by atoms with E-state index in [2.05, 4.69) is 20.9 Å². The van der Waals surface area contributed by atoms with Gasteiger partial charge in [-0.05, 0) is 49.6 Å². The molecule has 3 N–H and O–H groups in total. The average Bonchev–Trinajstić information content (AvgIpc) is 3.36. The van der Waals surface area contributed by atoms with E-state index in [1.54, 1.807) is 6.26 Å². The summed E-state index contributed by atoms with van der Waals surface area (Å²) in [6, 6.07) is 11.9. The van der Waals surface area contributed by atoms with Crippen LogP contribution in [0.3, 0.4) is 0 Å². The van der Waals surface area contributed by atoms with Crippen LogP contribution in [0, 0.1) is 0 Å². The molecule has 0 radical (unpaired) electrons. The van der Waals surface area contributed by atoms with Crippen LogP contribution in [0.15, 0.2) is 52.1 Å². The Kier molecular flexibility index (Phi) is 9.82. The summed E-state index contributed by atoms with van der Waals surface area (Å²) in [5, 5.41) is 9.45. The first kappa shape index (κ1) is 23.1. The molecule has 7 nitrogen and oxygen atoms in total. The Morgan fingerprint density at radius 3 is 2.83 bits per heavy atom. The Morgan fingerprint density at radius 2 is 2.10 bits per heavy atom. The topological polar surface area (TPSA) is 87.9 Å². The van der Waals surface area contributed by atoms with Gasteiger partial charge in [0, 0.05) is 25.6 Å². The number of nitrogens with one attached hydrogen (secondary N) is 3. The molecule has 1 amide bonds. The quantitative estimate of drug-likeness (QED) is 0.259. The SMILES string of the molecule is CCNC(=NCc1cccc(OCC(=O)NC2CC2)c1)NCCc1ccco1.I. The van der Waals surface area contributed by atoms with Gasteiger partial charge in [0.15, 0.2) is 12.6 Å². The van der Waals surface area contributed by atoms with Crippen molar-refractivity contribution in [2.45, 2.75) is 38.8 Å². The van der Waals surface area contributed by atoms with Crippen LogP contribution < -0.4 is 20.7 Å². The van der Waals surface area contributed by atoms with E-state index in [1.807, 2.05) is 43.3 Å². The lowest BCUT2D eigenvalue weighted by molar-refractivity contribution is -0.123. The van der Waals surface area contributed by atoms with Crippen LogP contribution in [0.1, 0.15) is 31.1 Å². The Bertz CT molecular complexity index is 776. The predicted molar refractivity (Wildman–Crippen MR) is 124 cm³/mol. The minimum atomic E-state index is -0.0684. The lowest BCUT2D eigenvalue weighted by Gasteiger charge is -2.11. The van der Waals surface area contributed by atoms with Crippen LogP contribution in [0.2, 0.25) is 0 Å². The van der Waals surface area contributed by atoms with Gasteiger partial charge in [-0.1, -0.05) is 12.1 Å². The molecule has 0 bridgehead atoms. The molecular formula is C21H29IN4O3. The first-order valence-electron chi connectivity index (χ1n) is 9.78. The number of hydrogen-bond donors (Lipinski definition) is 3. The molecule has 1 saturated carbocycles. The molecule has 1 heterocycles. The standard InChI is InChI=1S/C21H28N4O3.HI/c1-2-22-21(23-11-10-18-7-4-12-27-18)24-14-16-5-3-6-19(13-16)28-15-20(26)25-17-8-9-17;/h3-7,12-13,17H,2,8-11,14-15H2,1H3,(H,25,26)(H2,22,23,24);1H. The van der Waals surface area contributed by atoms with Crippen molar-refractivity contribution in [1.82, 2.24) is 16.0 Å². The van der Waals surface area contributed by atoms with Gasteiger partial charge in [-0.25, -0.2) is 4.99 Å². The first-order valence-corrected chi connectivity index (χ1v) is 9.78. The zero-order valence-corrected chi connectivity index (χ0v) is 19.0. The van der Waals surface area contributed by atoms with E-state index >= 15 is 0 Å². The number of furan rings is 1. The number of halogens is 1. The molecule has 0 saturated heterocycles. The zero-order chi connectivity index (χ0) is 19.6. The maximum absolute atomic E-state index is 11.7. The monoisotopic (exact) mass is 512 g/mol. The van der Waals surface area contributed by atoms with Gasteiger partial charge in [0.25, 0.3) is 5.91 Å². The van der Waals surface area contributed by atoms with Crippen LogP contribution in [0.5, 0.6) is 5.75 Å². The van der Waals surface area contributed by atoms with Gasteiger partial charge < -0.3 is 25.1 Å². The predicted octanol–water partition coefficient (Wildman–Crippen LogP) is 2.85. The van der Waals surface area contributed by atoms with E-state index in [4.69, 9.17) is 9.15 Å². The molecule has 1 aliphatic rings. The Hall–Kier alpha value is -2.23. The van der Waals surface area contributed by atoms with Crippen molar-refractivity contribution in [3.05, 3.63) is 54.0 Å². The van der Waals surface area contributed by atoms with Gasteiger partial charge in [0.05, 0.1) is 12.8 Å². The third kappa shape index (κ3) is 8.76. The highest BCUT2D eigenvalue weighted by Gasteiger charge is 2.23. The molecular weight excluding hydrogens is 483 g/mol. The van der Waals surface area contributed by atoms with Crippen LogP contribution in [0.4, 0.5) is 0 Å². The Labute approximate surface area is 188 Å². The largest absolute Gasteiger partial charge is 0.484 e. The second-order valence-corrected chi connectivity index (χ2v) is 6.73. The average molecular weight is 512 g/mol. The molecule has 1 fully saturated rings. The first-order chi connectivity index (χ1) is 13.7. The fourth-order valence-corrected chi connectivity index (χ4v) is 2.65. The molecule has 3 rings (SSSR count). The maximum atomic E-state index is 11.7. The van der Waals surface area contributed by atoms with E-state index in [0.717, 1.165) is 49.6 Å². The molecule has 0 atom stereocenters. The van der Waals surface area contributed by atoms with Crippen molar-refractivity contribution in [1.29, 1.82) is 0 Å². The summed E-state index contributed by atoms with van der Waals surface area (Å²) in [4.78, 5) is 16.4. The van der Waals surface area contributed by atoms with Gasteiger partial charge in [0.1, 0.15) is 11.5 Å². The number of hydrogen-bond acceptors (Lipinski definition) is 4. The summed E-state index contributed by atoms with van der Waals surface area (Å²) >= 11 is 0. The van der Waals surface area contributed by atoms with Gasteiger partial charge in [-0.3, -0.25) is 4.79 Å². The molecule has 29 heavy (non-hydrogen) atoms. The van der Waals surface area contributed by atoms with Crippen molar-refractivity contribution in [2.24, 2.45) is 4.99 Å². The normalized spacial score (nSPS) is 13.3. The minimum absolute atomic E-state index is 0. The van der Waals surface area contributed by atoms with Gasteiger partial charge in [-0.2, -0.15) is 0 Å². The third-order valence-corrected chi connectivity index (χ3v) is 4.22. The van der Waals surface area contributed by atoms with Gasteiger partial charge >= 0.3 is 0 Å². The van der Waals surface area contributed by atoms with E-state index in [0.29, 0.717) is 18.3 Å². The van der Waals surface area contributed by atoms with E-state index in [-0.39, 0.29) is 36.5 Å². The number of nitrogens with zero attached hydrogens (tertiary/aromatic N) is 1. The molecule has 8 heteroatoms. The molecule has 2 aromatic rings. The zero-order valence-electron chi connectivity index (χ0n) is 16.6. The summed E-state index contributed by atoms with van der Waals surface area (Å²) in [5.74, 6) is 2.30. The fourth-order valence-electron chi connectivity index (χ4n) is 2.65. The Balaban J connectivity index is 0.00000300. The number of benzene rings is 1. The summed E-state index contributed by atoms with van der Waals surface area (Å²) in [5.41, 5.74) is 1.02. The number of rotatable bonds is 10. The smallest absolute Gasteiger partial charge is 0.258 e. The minimum Gasteiger partial charge on any atom is -0.484 e. The van der Waals surface area contributed by atoms with E-state index in [1.165, 1.54) is 0 Å². The summed E-state index contributed by atoms with van der Waals surface area (Å²) in [6.45, 7) is 4.11. The summed E-state index contributed by atoms with van der Waals surface area (Å²) < 4.78 is 10.9. The molecule has 1 aromatic carbocycles. The van der Waals surface area contributed by atoms with Gasteiger partial charge in [0.2, 0.25) is 0 Å². The second kappa shape index (κ2) is 12.4. The highest BCUT2D eigenvalue weighted by Crippen LogP contribution is 2.18. The van der Waals surface area contributed by atoms with Crippen LogP contribution >= 0.6 is 24.0 Å². The van der Waals surface area contributed by atoms with Crippen molar-refractivity contribution in [2.75, 3.05) is 19.7 Å². The summed E-state index contributed by atoms with van der Waals surface area (Å²) in [6.07, 6.45) is 4.62. The molecule has 1 aliphatic carbocycles.